The average Bonchev–Trinajstić information content (AvgIpc) is 3.02. The van der Waals surface area contributed by atoms with Crippen LogP contribution in [0.15, 0.2) is 47.6 Å². The highest BCUT2D eigenvalue weighted by atomic mass is 35.5. The van der Waals surface area contributed by atoms with E-state index >= 15 is 0 Å². The Balaban J connectivity index is 0.00000288. The molecule has 6 nitrogen and oxygen atoms in total. The van der Waals surface area contributed by atoms with E-state index in [2.05, 4.69) is 5.32 Å². The summed E-state index contributed by atoms with van der Waals surface area (Å²) in [4.78, 5) is 12.2. The number of hydrogen-bond donors (Lipinski definition) is 2. The van der Waals surface area contributed by atoms with Gasteiger partial charge in [0.05, 0.1) is 10.5 Å². The first-order valence-corrected chi connectivity index (χ1v) is 8.87. The van der Waals surface area contributed by atoms with E-state index in [0.29, 0.717) is 18.7 Å². The van der Waals surface area contributed by atoms with E-state index in [1.54, 1.807) is 24.3 Å². The summed E-state index contributed by atoms with van der Waals surface area (Å²) in [6.07, 6.45) is 4.34. The number of carbonyl (C=O) groups is 1. The molecule has 0 atom stereocenters. The summed E-state index contributed by atoms with van der Waals surface area (Å²) in [6.45, 7) is 2.99. The smallest absolute Gasteiger partial charge is 0.267 e. The number of rotatable bonds is 7. The number of unbranched alkanes of at least 4 members (excludes halogenated alkanes) is 1. The van der Waals surface area contributed by atoms with E-state index in [1.807, 2.05) is 6.92 Å². The van der Waals surface area contributed by atoms with Crippen molar-refractivity contribution in [3.63, 3.8) is 0 Å². The van der Waals surface area contributed by atoms with Crippen LogP contribution in [-0.4, -0.2) is 31.4 Å². The summed E-state index contributed by atoms with van der Waals surface area (Å²) in [5, 5.41) is 2.74. The number of carbonyl (C=O) groups excluding carboxylic acids is 1. The fourth-order valence-electron chi connectivity index (χ4n) is 2.07. The molecule has 0 unspecified atom stereocenters. The van der Waals surface area contributed by atoms with Gasteiger partial charge in [-0.2, -0.15) is 0 Å². The molecular weight excluding hydrogens is 350 g/mol. The normalized spacial score (nSPS) is 10.9. The molecule has 0 saturated carbocycles. The van der Waals surface area contributed by atoms with Crippen LogP contribution in [0, 0.1) is 6.92 Å². The number of nitrogens with zero attached hydrogens (tertiary/aromatic N) is 1. The first kappa shape index (κ1) is 20.2. The molecule has 132 valence electrons. The van der Waals surface area contributed by atoms with Crippen LogP contribution < -0.4 is 11.1 Å². The van der Waals surface area contributed by atoms with E-state index in [4.69, 9.17) is 5.73 Å². The maximum Gasteiger partial charge on any atom is 0.267 e. The Morgan fingerprint density at radius 2 is 1.83 bits per heavy atom. The maximum absolute atomic E-state index is 12.5. The van der Waals surface area contributed by atoms with Gasteiger partial charge in [-0.25, -0.2) is 12.4 Å². The number of halogens is 1. The second-order valence-corrected chi connectivity index (χ2v) is 7.14. The monoisotopic (exact) mass is 371 g/mol. The van der Waals surface area contributed by atoms with Crippen LogP contribution >= 0.6 is 12.4 Å². The highest BCUT2D eigenvalue weighted by molar-refractivity contribution is 7.90. The third-order valence-electron chi connectivity index (χ3n) is 3.44. The molecule has 0 aliphatic carbocycles. The summed E-state index contributed by atoms with van der Waals surface area (Å²) in [5.41, 5.74) is 6.68. The van der Waals surface area contributed by atoms with Crippen LogP contribution in [0.3, 0.4) is 0 Å². The number of aryl methyl sites for hydroxylation is 1. The Bertz CT molecular complexity index is 770. The number of aromatic nitrogens is 1. The summed E-state index contributed by atoms with van der Waals surface area (Å²) in [5.74, 6) is -0.292. The second-order valence-electron chi connectivity index (χ2n) is 5.30. The summed E-state index contributed by atoms with van der Waals surface area (Å²) < 4.78 is 26.1. The highest BCUT2D eigenvalue weighted by Crippen LogP contribution is 2.16. The molecule has 1 amide bonds. The first-order chi connectivity index (χ1) is 10.9. The van der Waals surface area contributed by atoms with Crippen LogP contribution in [0.25, 0.3) is 0 Å². The van der Waals surface area contributed by atoms with Gasteiger partial charge >= 0.3 is 0 Å². The minimum absolute atomic E-state index is 0. The van der Waals surface area contributed by atoms with Gasteiger partial charge in [-0.3, -0.25) is 4.79 Å². The van der Waals surface area contributed by atoms with Gasteiger partial charge in [0.1, 0.15) is 0 Å². The predicted molar refractivity (Wildman–Crippen MR) is 96.1 cm³/mol. The number of nitrogens with two attached hydrogens (primary N) is 1. The van der Waals surface area contributed by atoms with Crippen molar-refractivity contribution in [1.29, 1.82) is 0 Å². The Hall–Kier alpha value is -1.83. The summed E-state index contributed by atoms with van der Waals surface area (Å²) in [7, 11) is -3.68. The van der Waals surface area contributed by atoms with Crippen LogP contribution in [0.5, 0.6) is 0 Å². The molecule has 0 radical (unpaired) electrons. The van der Waals surface area contributed by atoms with Gasteiger partial charge < -0.3 is 11.1 Å². The Kier molecular flexibility index (Phi) is 7.47. The lowest BCUT2D eigenvalue weighted by Gasteiger charge is -2.06. The number of nitrogens with one attached hydrogen (secondary N) is 1. The maximum atomic E-state index is 12.5. The van der Waals surface area contributed by atoms with Crippen molar-refractivity contribution in [2.75, 3.05) is 13.1 Å². The minimum Gasteiger partial charge on any atom is -0.352 e. The molecule has 0 aliphatic rings. The van der Waals surface area contributed by atoms with Gasteiger partial charge in [0.15, 0.2) is 0 Å². The highest BCUT2D eigenvalue weighted by Gasteiger charge is 2.18. The van der Waals surface area contributed by atoms with Gasteiger partial charge in [-0.05, 0) is 44.5 Å². The Labute approximate surface area is 148 Å². The third-order valence-corrected chi connectivity index (χ3v) is 5.09. The van der Waals surface area contributed by atoms with E-state index in [1.165, 1.54) is 18.5 Å². The molecule has 0 aliphatic heterocycles. The molecule has 1 aromatic heterocycles. The molecule has 0 fully saturated rings. The number of benzene rings is 1. The van der Waals surface area contributed by atoms with Crippen molar-refractivity contribution in [2.45, 2.75) is 24.7 Å². The van der Waals surface area contributed by atoms with Crippen molar-refractivity contribution in [3.8, 4) is 0 Å². The molecular formula is C16H22ClN3O3S. The zero-order valence-electron chi connectivity index (χ0n) is 13.4. The fourth-order valence-corrected chi connectivity index (χ4v) is 3.26. The van der Waals surface area contributed by atoms with E-state index < -0.39 is 10.0 Å². The molecule has 1 aromatic carbocycles. The Morgan fingerprint density at radius 3 is 2.46 bits per heavy atom. The predicted octanol–water partition coefficient (Wildman–Crippen LogP) is 1.92. The topological polar surface area (TPSA) is 94.2 Å². The standard InChI is InChI=1S/C16H21N3O3S.ClH/c1-13-4-6-15(7-5-13)23(21,22)19-11-8-14(12-19)16(20)18-10-3-2-9-17;/h4-8,11-12H,2-3,9-10,17H2,1H3,(H,18,20);1H. The second kappa shape index (κ2) is 8.86. The zero-order chi connectivity index (χ0) is 16.9. The van der Waals surface area contributed by atoms with Crippen molar-refractivity contribution >= 4 is 28.3 Å². The van der Waals surface area contributed by atoms with Crippen LogP contribution in [-0.2, 0) is 10.0 Å². The third kappa shape index (κ3) is 4.83. The SMILES string of the molecule is Cc1ccc(S(=O)(=O)n2ccc(C(=O)NCCCCN)c2)cc1.Cl. The number of hydrogen-bond acceptors (Lipinski definition) is 4. The molecule has 3 N–H and O–H groups in total. The van der Waals surface area contributed by atoms with Crippen molar-refractivity contribution in [3.05, 3.63) is 53.9 Å². The minimum atomic E-state index is -3.68. The molecule has 8 heteroatoms. The quantitative estimate of drug-likeness (QED) is 0.727. The van der Waals surface area contributed by atoms with Gasteiger partial charge in [0.25, 0.3) is 15.9 Å². The van der Waals surface area contributed by atoms with Crippen LogP contribution in [0.4, 0.5) is 0 Å². The van der Waals surface area contributed by atoms with Crippen LogP contribution in [0.1, 0.15) is 28.8 Å². The first-order valence-electron chi connectivity index (χ1n) is 7.43. The van der Waals surface area contributed by atoms with Crippen molar-refractivity contribution in [1.82, 2.24) is 9.29 Å². The van der Waals surface area contributed by atoms with E-state index in [0.717, 1.165) is 22.4 Å². The van der Waals surface area contributed by atoms with Crippen LogP contribution in [0.2, 0.25) is 0 Å². The zero-order valence-corrected chi connectivity index (χ0v) is 15.1. The lowest BCUT2D eigenvalue weighted by molar-refractivity contribution is 0.0953. The van der Waals surface area contributed by atoms with Gasteiger partial charge in [0, 0.05) is 18.9 Å². The molecule has 2 rings (SSSR count). The molecule has 24 heavy (non-hydrogen) atoms. The molecule has 2 aromatic rings. The number of amides is 1. The van der Waals surface area contributed by atoms with Gasteiger partial charge in [-0.15, -0.1) is 12.4 Å². The van der Waals surface area contributed by atoms with Crippen molar-refractivity contribution < 1.29 is 13.2 Å². The lowest BCUT2D eigenvalue weighted by atomic mass is 10.2. The summed E-state index contributed by atoms with van der Waals surface area (Å²) in [6, 6.07) is 8.07. The lowest BCUT2D eigenvalue weighted by Crippen LogP contribution is -2.24. The fraction of sp³-hybridized carbons (Fsp3) is 0.312. The van der Waals surface area contributed by atoms with Gasteiger partial charge in [-0.1, -0.05) is 17.7 Å². The summed E-state index contributed by atoms with van der Waals surface area (Å²) >= 11 is 0. The largest absolute Gasteiger partial charge is 0.352 e. The molecule has 1 heterocycles. The van der Waals surface area contributed by atoms with Gasteiger partial charge in [0.2, 0.25) is 0 Å². The molecule has 0 spiro atoms. The molecule has 0 bridgehead atoms. The average molecular weight is 372 g/mol. The van der Waals surface area contributed by atoms with E-state index in [9.17, 15) is 13.2 Å². The van der Waals surface area contributed by atoms with E-state index in [-0.39, 0.29) is 23.2 Å². The molecule has 0 saturated heterocycles. The van der Waals surface area contributed by atoms with Crippen molar-refractivity contribution in [2.24, 2.45) is 5.73 Å². The Morgan fingerprint density at radius 1 is 1.17 bits per heavy atom.